The molecule has 0 bridgehead atoms. The second kappa shape index (κ2) is 7.93. The number of hydrogen-bond acceptors (Lipinski definition) is 4. The number of nitrogens with one attached hydrogen (secondary N) is 1. The Kier molecular flexibility index (Phi) is 5.68. The van der Waals surface area contributed by atoms with Crippen LogP contribution in [0.3, 0.4) is 0 Å². The van der Waals surface area contributed by atoms with Crippen LogP contribution in [0.4, 0.5) is 4.39 Å². The molecule has 0 radical (unpaired) electrons. The largest absolute Gasteiger partial charge is 0.497 e. The zero-order valence-electron chi connectivity index (χ0n) is 12.5. The van der Waals surface area contributed by atoms with Crippen LogP contribution < -0.4 is 10.1 Å². The summed E-state index contributed by atoms with van der Waals surface area (Å²) in [5.74, 6) is -0.867. The lowest BCUT2D eigenvalue weighted by atomic mass is 10.2. The van der Waals surface area contributed by atoms with E-state index in [2.05, 4.69) is 5.32 Å². The minimum atomic E-state index is -0.606. The van der Waals surface area contributed by atoms with Crippen LogP contribution in [0.25, 0.3) is 0 Å². The zero-order valence-corrected chi connectivity index (χ0v) is 12.5. The lowest BCUT2D eigenvalue weighted by molar-refractivity contribution is -0.143. The van der Waals surface area contributed by atoms with Crippen LogP contribution in [0.15, 0.2) is 48.5 Å². The molecule has 0 fully saturated rings. The number of amides is 1. The predicted octanol–water partition coefficient (Wildman–Crippen LogP) is 2.31. The van der Waals surface area contributed by atoms with Crippen LogP contribution in [0.2, 0.25) is 0 Å². The highest BCUT2D eigenvalue weighted by Crippen LogP contribution is 2.12. The number of hydrogen-bond donors (Lipinski definition) is 1. The Morgan fingerprint density at radius 2 is 1.91 bits per heavy atom. The third-order valence-corrected chi connectivity index (χ3v) is 3.01. The van der Waals surface area contributed by atoms with Crippen molar-refractivity contribution in [3.63, 3.8) is 0 Å². The first-order valence-electron chi connectivity index (χ1n) is 6.91. The van der Waals surface area contributed by atoms with Crippen LogP contribution >= 0.6 is 0 Å². The number of carbonyl (C=O) groups excluding carboxylic acids is 2. The van der Waals surface area contributed by atoms with E-state index < -0.39 is 17.7 Å². The lowest BCUT2D eigenvalue weighted by Crippen LogP contribution is -2.30. The number of carbonyl (C=O) groups is 2. The second-order valence-electron chi connectivity index (χ2n) is 4.71. The molecular formula is C17H16FNO4. The summed E-state index contributed by atoms with van der Waals surface area (Å²) in [6, 6.07) is 12.3. The van der Waals surface area contributed by atoms with Gasteiger partial charge in [0, 0.05) is 5.56 Å². The molecule has 0 saturated carbocycles. The molecule has 0 spiro atoms. The summed E-state index contributed by atoms with van der Waals surface area (Å²) in [6.45, 7) is -0.322. The molecule has 0 unspecified atom stereocenters. The number of esters is 1. The molecule has 2 aromatic carbocycles. The van der Waals surface area contributed by atoms with Crippen molar-refractivity contribution in [2.24, 2.45) is 0 Å². The minimum Gasteiger partial charge on any atom is -0.497 e. The van der Waals surface area contributed by atoms with E-state index in [9.17, 15) is 14.0 Å². The normalized spacial score (nSPS) is 10.0. The van der Waals surface area contributed by atoms with Gasteiger partial charge in [0.15, 0.2) is 0 Å². The van der Waals surface area contributed by atoms with Gasteiger partial charge in [0.1, 0.15) is 24.7 Å². The Morgan fingerprint density at radius 3 is 2.65 bits per heavy atom. The van der Waals surface area contributed by atoms with E-state index >= 15 is 0 Å². The third-order valence-electron chi connectivity index (χ3n) is 3.01. The van der Waals surface area contributed by atoms with Crippen LogP contribution in [0, 0.1) is 5.82 Å². The average molecular weight is 317 g/mol. The standard InChI is InChI=1S/C17H16FNO4/c1-22-15-7-3-5-13(9-15)17(21)19-10-16(20)23-11-12-4-2-6-14(18)8-12/h2-9H,10-11H2,1H3,(H,19,21). The van der Waals surface area contributed by atoms with Gasteiger partial charge >= 0.3 is 5.97 Å². The number of halogens is 1. The molecule has 120 valence electrons. The number of rotatable bonds is 6. The molecule has 5 nitrogen and oxygen atoms in total. The maximum atomic E-state index is 13.0. The molecule has 0 aliphatic carbocycles. The van der Waals surface area contributed by atoms with Gasteiger partial charge in [0.25, 0.3) is 5.91 Å². The molecule has 0 saturated heterocycles. The first-order valence-corrected chi connectivity index (χ1v) is 6.91. The number of methoxy groups -OCH3 is 1. The molecule has 1 amide bonds. The molecule has 0 aromatic heterocycles. The average Bonchev–Trinajstić information content (AvgIpc) is 2.58. The van der Waals surface area contributed by atoms with Crippen molar-refractivity contribution in [1.29, 1.82) is 0 Å². The summed E-state index contributed by atoms with van der Waals surface area (Å²) >= 11 is 0. The summed E-state index contributed by atoms with van der Waals surface area (Å²) in [4.78, 5) is 23.5. The summed E-state index contributed by atoms with van der Waals surface area (Å²) in [7, 11) is 1.50. The molecule has 6 heteroatoms. The van der Waals surface area contributed by atoms with E-state index in [0.717, 1.165) is 0 Å². The van der Waals surface area contributed by atoms with Gasteiger partial charge in [-0.15, -0.1) is 0 Å². The van der Waals surface area contributed by atoms with E-state index in [0.29, 0.717) is 16.9 Å². The number of benzene rings is 2. The van der Waals surface area contributed by atoms with Gasteiger partial charge in [-0.3, -0.25) is 9.59 Å². The molecule has 0 heterocycles. The monoisotopic (exact) mass is 317 g/mol. The van der Waals surface area contributed by atoms with Gasteiger partial charge in [0.2, 0.25) is 0 Å². The quantitative estimate of drug-likeness (QED) is 0.830. The van der Waals surface area contributed by atoms with Gasteiger partial charge in [-0.05, 0) is 35.9 Å². The fraction of sp³-hybridized carbons (Fsp3) is 0.176. The molecule has 23 heavy (non-hydrogen) atoms. The Hall–Kier alpha value is -2.89. The Bertz CT molecular complexity index is 702. The van der Waals surface area contributed by atoms with Gasteiger partial charge in [-0.25, -0.2) is 4.39 Å². The summed E-state index contributed by atoms with van der Waals surface area (Å²) in [5, 5.41) is 2.45. The van der Waals surface area contributed by atoms with E-state index in [1.54, 1.807) is 30.3 Å². The van der Waals surface area contributed by atoms with Crippen molar-refractivity contribution < 1.29 is 23.5 Å². The summed E-state index contributed by atoms with van der Waals surface area (Å²) < 4.78 is 23.0. The SMILES string of the molecule is COc1cccc(C(=O)NCC(=O)OCc2cccc(F)c2)c1. The second-order valence-corrected chi connectivity index (χ2v) is 4.71. The van der Waals surface area contributed by atoms with Gasteiger partial charge < -0.3 is 14.8 Å². The maximum absolute atomic E-state index is 13.0. The van der Waals surface area contributed by atoms with Crippen molar-refractivity contribution in [1.82, 2.24) is 5.32 Å². The first-order chi connectivity index (χ1) is 11.1. The fourth-order valence-corrected chi connectivity index (χ4v) is 1.86. The first kappa shape index (κ1) is 16.5. The molecule has 1 N–H and O–H groups in total. The van der Waals surface area contributed by atoms with Crippen molar-refractivity contribution >= 4 is 11.9 Å². The van der Waals surface area contributed by atoms with Crippen LogP contribution in [-0.2, 0) is 16.1 Å². The molecule has 0 aliphatic heterocycles. The van der Waals surface area contributed by atoms with Crippen molar-refractivity contribution in [2.75, 3.05) is 13.7 Å². The highest BCUT2D eigenvalue weighted by molar-refractivity contribution is 5.96. The summed E-state index contributed by atoms with van der Waals surface area (Å²) in [6.07, 6.45) is 0. The van der Waals surface area contributed by atoms with Crippen LogP contribution in [-0.4, -0.2) is 25.5 Å². The van der Waals surface area contributed by atoms with E-state index in [1.807, 2.05) is 0 Å². The number of ether oxygens (including phenoxy) is 2. The van der Waals surface area contributed by atoms with E-state index in [4.69, 9.17) is 9.47 Å². The van der Waals surface area contributed by atoms with Crippen LogP contribution in [0.5, 0.6) is 5.75 Å². The Labute approximate surface area is 133 Å². The topological polar surface area (TPSA) is 64.6 Å². The smallest absolute Gasteiger partial charge is 0.325 e. The zero-order chi connectivity index (χ0) is 16.7. The fourth-order valence-electron chi connectivity index (χ4n) is 1.86. The molecule has 0 aliphatic rings. The lowest BCUT2D eigenvalue weighted by Gasteiger charge is -2.07. The van der Waals surface area contributed by atoms with Gasteiger partial charge in [0.05, 0.1) is 7.11 Å². The van der Waals surface area contributed by atoms with Gasteiger partial charge in [-0.2, -0.15) is 0 Å². The van der Waals surface area contributed by atoms with E-state index in [1.165, 1.54) is 25.3 Å². The van der Waals surface area contributed by atoms with Crippen molar-refractivity contribution in [3.8, 4) is 5.75 Å². The molecule has 2 aromatic rings. The van der Waals surface area contributed by atoms with Crippen molar-refractivity contribution in [2.45, 2.75) is 6.61 Å². The molecule has 0 atom stereocenters. The molecule has 2 rings (SSSR count). The highest BCUT2D eigenvalue weighted by Gasteiger charge is 2.10. The van der Waals surface area contributed by atoms with Gasteiger partial charge in [-0.1, -0.05) is 18.2 Å². The Morgan fingerprint density at radius 1 is 1.13 bits per heavy atom. The Balaban J connectivity index is 1.80. The predicted molar refractivity (Wildman–Crippen MR) is 81.5 cm³/mol. The maximum Gasteiger partial charge on any atom is 0.325 e. The van der Waals surface area contributed by atoms with Crippen LogP contribution in [0.1, 0.15) is 15.9 Å². The van der Waals surface area contributed by atoms with Crippen molar-refractivity contribution in [3.05, 3.63) is 65.5 Å². The molecular weight excluding hydrogens is 301 g/mol. The highest BCUT2D eigenvalue weighted by atomic mass is 19.1. The van der Waals surface area contributed by atoms with E-state index in [-0.39, 0.29) is 13.2 Å². The third kappa shape index (κ3) is 5.10. The summed E-state index contributed by atoms with van der Waals surface area (Å²) in [5.41, 5.74) is 0.916. The minimum absolute atomic E-state index is 0.0500.